The summed E-state index contributed by atoms with van der Waals surface area (Å²) < 4.78 is 15.7. The molecule has 0 heterocycles. The minimum absolute atomic E-state index is 0.0756. The minimum Gasteiger partial charge on any atom is -0.492 e. The van der Waals surface area contributed by atoms with Gasteiger partial charge in [0.15, 0.2) is 6.61 Å². The van der Waals surface area contributed by atoms with Crippen molar-refractivity contribution >= 4 is 23.5 Å². The number of ether oxygens (including phenoxy) is 3. The monoisotopic (exact) mass is 391 g/mol. The number of methoxy groups -OCH3 is 1. The summed E-state index contributed by atoms with van der Waals surface area (Å²) in [6.07, 6.45) is 0.200. The molecule has 6 nitrogen and oxygen atoms in total. The average molecular weight is 392 g/mol. The molecule has 0 saturated carbocycles. The van der Waals surface area contributed by atoms with Gasteiger partial charge in [0, 0.05) is 12.1 Å². The number of hydrogen-bond acceptors (Lipinski definition) is 5. The maximum absolute atomic E-state index is 12.1. The van der Waals surface area contributed by atoms with Crippen LogP contribution in [0.25, 0.3) is 0 Å². The van der Waals surface area contributed by atoms with Crippen LogP contribution in [-0.4, -0.2) is 50.7 Å². The van der Waals surface area contributed by atoms with Crippen LogP contribution in [0.4, 0.5) is 0 Å². The van der Waals surface area contributed by atoms with Crippen molar-refractivity contribution in [1.29, 1.82) is 0 Å². The van der Waals surface area contributed by atoms with E-state index in [1.807, 2.05) is 0 Å². The molecule has 144 valence electrons. The number of hydrogen-bond donors (Lipinski definition) is 0. The van der Waals surface area contributed by atoms with E-state index in [1.165, 1.54) is 7.11 Å². The fourth-order valence-electron chi connectivity index (χ4n) is 2.15. The molecule has 2 aromatic rings. The van der Waals surface area contributed by atoms with Crippen molar-refractivity contribution < 1.29 is 23.8 Å². The van der Waals surface area contributed by atoms with Crippen LogP contribution in [0.1, 0.15) is 5.56 Å². The van der Waals surface area contributed by atoms with Gasteiger partial charge < -0.3 is 19.1 Å². The van der Waals surface area contributed by atoms with Crippen molar-refractivity contribution in [1.82, 2.24) is 4.90 Å². The Labute approximate surface area is 163 Å². The molecule has 0 aliphatic rings. The van der Waals surface area contributed by atoms with Gasteiger partial charge in [-0.1, -0.05) is 23.7 Å². The molecule has 7 heteroatoms. The van der Waals surface area contributed by atoms with E-state index in [4.69, 9.17) is 21.1 Å². The quantitative estimate of drug-likeness (QED) is 0.615. The third kappa shape index (κ3) is 7.19. The molecule has 2 aromatic carbocycles. The molecular weight excluding hydrogens is 370 g/mol. The molecule has 0 bridgehead atoms. The van der Waals surface area contributed by atoms with Crippen LogP contribution in [0.5, 0.6) is 11.5 Å². The van der Waals surface area contributed by atoms with Gasteiger partial charge in [-0.05, 0) is 42.0 Å². The number of amides is 1. The van der Waals surface area contributed by atoms with Crippen LogP contribution in [0.15, 0.2) is 48.5 Å². The first-order chi connectivity index (χ1) is 13.0. The normalized spacial score (nSPS) is 10.2. The van der Waals surface area contributed by atoms with Crippen LogP contribution in [0.2, 0.25) is 5.02 Å². The number of likely N-dealkylation sites (N-methyl/N-ethyl adjacent to an activating group) is 1. The first kappa shape index (κ1) is 20.6. The van der Waals surface area contributed by atoms with E-state index in [0.717, 1.165) is 5.56 Å². The van der Waals surface area contributed by atoms with Gasteiger partial charge in [0.25, 0.3) is 5.91 Å². The van der Waals surface area contributed by atoms with E-state index in [2.05, 4.69) is 4.74 Å². The van der Waals surface area contributed by atoms with Crippen molar-refractivity contribution in [3.05, 3.63) is 59.1 Å². The summed E-state index contributed by atoms with van der Waals surface area (Å²) in [7, 11) is 3.04. The molecule has 0 aliphatic heterocycles. The Balaban J connectivity index is 1.71. The lowest BCUT2D eigenvalue weighted by Gasteiger charge is -2.18. The molecule has 27 heavy (non-hydrogen) atoms. The Hall–Kier alpha value is -2.73. The highest BCUT2D eigenvalue weighted by molar-refractivity contribution is 6.30. The van der Waals surface area contributed by atoms with Gasteiger partial charge in [-0.25, -0.2) is 0 Å². The van der Waals surface area contributed by atoms with E-state index in [1.54, 1.807) is 60.5 Å². The molecule has 0 atom stereocenters. The second-order valence-electron chi connectivity index (χ2n) is 5.80. The third-order valence-corrected chi connectivity index (χ3v) is 4.05. The van der Waals surface area contributed by atoms with Gasteiger partial charge in [-0.2, -0.15) is 0 Å². The molecule has 0 spiro atoms. The van der Waals surface area contributed by atoms with Gasteiger partial charge in [0.2, 0.25) is 0 Å². The predicted molar refractivity (Wildman–Crippen MR) is 102 cm³/mol. The number of esters is 1. The highest BCUT2D eigenvalue weighted by Gasteiger charge is 2.10. The standard InChI is InChI=1S/C20H22ClNO5/c1-22(11-12-26-17-9-5-16(21)6-10-17)19(23)14-27-18-7-3-15(4-8-18)13-20(24)25-2/h3-10H,11-14H2,1-2H3. The van der Waals surface area contributed by atoms with E-state index in [0.29, 0.717) is 29.7 Å². The molecule has 0 unspecified atom stereocenters. The lowest BCUT2D eigenvalue weighted by Crippen LogP contribution is -2.34. The highest BCUT2D eigenvalue weighted by Crippen LogP contribution is 2.15. The number of nitrogens with zero attached hydrogens (tertiary/aromatic N) is 1. The molecule has 2 rings (SSSR count). The first-order valence-corrected chi connectivity index (χ1v) is 8.76. The summed E-state index contributed by atoms with van der Waals surface area (Å²) in [5.74, 6) is 0.793. The van der Waals surface area contributed by atoms with Crippen LogP contribution in [0, 0.1) is 0 Å². The van der Waals surface area contributed by atoms with E-state index in [-0.39, 0.29) is 24.9 Å². The number of carbonyl (C=O) groups is 2. The van der Waals surface area contributed by atoms with Crippen LogP contribution in [-0.2, 0) is 20.7 Å². The molecule has 0 fully saturated rings. The second kappa shape index (κ2) is 10.4. The summed E-state index contributed by atoms with van der Waals surface area (Å²) in [6.45, 7) is 0.725. The molecule has 0 N–H and O–H groups in total. The molecule has 0 radical (unpaired) electrons. The molecule has 0 aliphatic carbocycles. The fraction of sp³-hybridized carbons (Fsp3) is 0.300. The Bertz CT molecular complexity index is 746. The number of rotatable bonds is 9. The summed E-state index contributed by atoms with van der Waals surface area (Å²) in [6, 6.07) is 14.0. The van der Waals surface area contributed by atoms with Crippen molar-refractivity contribution in [2.75, 3.05) is 33.9 Å². The SMILES string of the molecule is COC(=O)Cc1ccc(OCC(=O)N(C)CCOc2ccc(Cl)cc2)cc1. The number of benzene rings is 2. The van der Waals surface area contributed by atoms with Crippen LogP contribution in [0.3, 0.4) is 0 Å². The Morgan fingerprint density at radius 2 is 1.56 bits per heavy atom. The Kier molecular flexibility index (Phi) is 7.95. The lowest BCUT2D eigenvalue weighted by molar-refractivity contribution is -0.139. The van der Waals surface area contributed by atoms with Gasteiger partial charge in [-0.3, -0.25) is 9.59 Å². The van der Waals surface area contributed by atoms with E-state index < -0.39 is 0 Å². The molecule has 0 saturated heterocycles. The molecule has 0 aromatic heterocycles. The number of halogens is 1. The van der Waals surface area contributed by atoms with Crippen molar-refractivity contribution in [3.63, 3.8) is 0 Å². The third-order valence-electron chi connectivity index (χ3n) is 3.80. The topological polar surface area (TPSA) is 65.1 Å². The maximum Gasteiger partial charge on any atom is 0.309 e. The first-order valence-electron chi connectivity index (χ1n) is 8.39. The van der Waals surface area contributed by atoms with E-state index >= 15 is 0 Å². The van der Waals surface area contributed by atoms with Gasteiger partial charge in [0.05, 0.1) is 20.1 Å². The van der Waals surface area contributed by atoms with Crippen LogP contribution >= 0.6 is 11.6 Å². The van der Waals surface area contributed by atoms with E-state index in [9.17, 15) is 9.59 Å². The van der Waals surface area contributed by atoms with Gasteiger partial charge in [-0.15, -0.1) is 0 Å². The fourth-order valence-corrected chi connectivity index (χ4v) is 2.28. The maximum atomic E-state index is 12.1. The summed E-state index contributed by atoms with van der Waals surface area (Å²) in [5, 5.41) is 0.644. The molecular formula is C20H22ClNO5. The van der Waals surface area contributed by atoms with Gasteiger partial charge >= 0.3 is 5.97 Å². The zero-order chi connectivity index (χ0) is 19.6. The molecule has 1 amide bonds. The van der Waals surface area contributed by atoms with Crippen LogP contribution < -0.4 is 9.47 Å². The van der Waals surface area contributed by atoms with Crippen molar-refractivity contribution in [2.24, 2.45) is 0 Å². The van der Waals surface area contributed by atoms with Crippen molar-refractivity contribution in [2.45, 2.75) is 6.42 Å². The largest absolute Gasteiger partial charge is 0.492 e. The highest BCUT2D eigenvalue weighted by atomic mass is 35.5. The summed E-state index contributed by atoms with van der Waals surface area (Å²) in [5.41, 5.74) is 0.817. The smallest absolute Gasteiger partial charge is 0.309 e. The van der Waals surface area contributed by atoms with Gasteiger partial charge in [0.1, 0.15) is 18.1 Å². The van der Waals surface area contributed by atoms with Crippen molar-refractivity contribution in [3.8, 4) is 11.5 Å². The zero-order valence-electron chi connectivity index (χ0n) is 15.3. The summed E-state index contributed by atoms with van der Waals surface area (Å²) in [4.78, 5) is 24.9. The number of carbonyl (C=O) groups excluding carboxylic acids is 2. The minimum atomic E-state index is -0.304. The zero-order valence-corrected chi connectivity index (χ0v) is 16.1. The lowest BCUT2D eigenvalue weighted by atomic mass is 10.1. The average Bonchev–Trinajstić information content (AvgIpc) is 2.68. The Morgan fingerprint density at radius 1 is 0.963 bits per heavy atom. The summed E-state index contributed by atoms with van der Waals surface area (Å²) >= 11 is 5.82. The Morgan fingerprint density at radius 3 is 2.19 bits per heavy atom. The second-order valence-corrected chi connectivity index (χ2v) is 6.24. The predicted octanol–water partition coefficient (Wildman–Crippen LogP) is 2.97.